The molecule has 0 saturated heterocycles. The van der Waals surface area contributed by atoms with Crippen molar-refractivity contribution in [3.05, 3.63) is 42.0 Å². The molecule has 5 nitrogen and oxygen atoms in total. The highest BCUT2D eigenvalue weighted by atomic mass is 16.2. The first kappa shape index (κ1) is 19.2. The molecule has 1 fully saturated rings. The molecule has 1 aliphatic rings. The fraction of sp³-hybridized carbons (Fsp3) is 0.500. The zero-order valence-electron chi connectivity index (χ0n) is 15.4. The summed E-state index contributed by atoms with van der Waals surface area (Å²) in [4.78, 5) is 26.1. The van der Waals surface area contributed by atoms with E-state index in [9.17, 15) is 9.59 Å². The molecule has 136 valence electrons. The van der Waals surface area contributed by atoms with E-state index in [1.807, 2.05) is 25.1 Å². The van der Waals surface area contributed by atoms with Gasteiger partial charge in [0.2, 0.25) is 5.91 Å². The van der Waals surface area contributed by atoms with Crippen LogP contribution >= 0.6 is 0 Å². The summed E-state index contributed by atoms with van der Waals surface area (Å²) in [6.45, 7) is 2.95. The SMILES string of the molecule is CC1CCC[C@H](NC(=O)c2ccc(NC(=O)/C=C/CN(C)C)cc2)C1. The van der Waals surface area contributed by atoms with Crippen molar-refractivity contribution < 1.29 is 9.59 Å². The van der Waals surface area contributed by atoms with Gasteiger partial charge in [-0.05, 0) is 57.1 Å². The summed E-state index contributed by atoms with van der Waals surface area (Å²) in [5.74, 6) is 0.468. The van der Waals surface area contributed by atoms with Crippen LogP contribution in [0.25, 0.3) is 0 Å². The van der Waals surface area contributed by atoms with Gasteiger partial charge in [-0.25, -0.2) is 0 Å². The molecule has 0 bridgehead atoms. The first-order valence-electron chi connectivity index (χ1n) is 8.97. The van der Waals surface area contributed by atoms with E-state index in [2.05, 4.69) is 17.6 Å². The number of anilines is 1. The summed E-state index contributed by atoms with van der Waals surface area (Å²) >= 11 is 0. The molecular weight excluding hydrogens is 314 g/mol. The largest absolute Gasteiger partial charge is 0.349 e. The summed E-state index contributed by atoms with van der Waals surface area (Å²) in [5.41, 5.74) is 1.31. The van der Waals surface area contributed by atoms with Crippen LogP contribution in [0.4, 0.5) is 5.69 Å². The number of rotatable bonds is 6. The lowest BCUT2D eigenvalue weighted by Gasteiger charge is -2.27. The molecule has 2 N–H and O–H groups in total. The summed E-state index contributed by atoms with van der Waals surface area (Å²) in [5, 5.41) is 5.92. The fourth-order valence-electron chi connectivity index (χ4n) is 3.09. The Balaban J connectivity index is 1.85. The Morgan fingerprint density at radius 1 is 1.20 bits per heavy atom. The lowest BCUT2D eigenvalue weighted by atomic mass is 9.87. The van der Waals surface area contributed by atoms with Gasteiger partial charge in [-0.15, -0.1) is 0 Å². The highest BCUT2D eigenvalue weighted by molar-refractivity contribution is 6.00. The van der Waals surface area contributed by atoms with Crippen molar-refractivity contribution in [1.29, 1.82) is 0 Å². The number of likely N-dealkylation sites (N-methyl/N-ethyl adjacent to an activating group) is 1. The molecule has 25 heavy (non-hydrogen) atoms. The normalized spacial score (nSPS) is 20.6. The standard InChI is InChI=1S/C20H29N3O2/c1-15-6-4-7-18(14-15)22-20(25)16-9-11-17(12-10-16)21-19(24)8-5-13-23(2)3/h5,8-12,15,18H,4,6-7,13-14H2,1-3H3,(H,21,24)(H,22,25)/b8-5+/t15?,18-/m0/s1. The van der Waals surface area contributed by atoms with E-state index in [0.29, 0.717) is 23.7 Å². The summed E-state index contributed by atoms with van der Waals surface area (Å²) in [6, 6.07) is 7.30. The van der Waals surface area contributed by atoms with Crippen LogP contribution in [0.3, 0.4) is 0 Å². The van der Waals surface area contributed by atoms with E-state index in [1.165, 1.54) is 18.9 Å². The second-order valence-corrected chi connectivity index (χ2v) is 7.17. The van der Waals surface area contributed by atoms with Crippen LogP contribution in [0.2, 0.25) is 0 Å². The van der Waals surface area contributed by atoms with Gasteiger partial charge in [0, 0.05) is 29.9 Å². The van der Waals surface area contributed by atoms with Gasteiger partial charge in [0.05, 0.1) is 0 Å². The zero-order valence-corrected chi connectivity index (χ0v) is 15.4. The van der Waals surface area contributed by atoms with E-state index in [4.69, 9.17) is 0 Å². The highest BCUT2D eigenvalue weighted by Gasteiger charge is 2.20. The molecule has 0 spiro atoms. The Hall–Kier alpha value is -2.14. The highest BCUT2D eigenvalue weighted by Crippen LogP contribution is 2.23. The lowest BCUT2D eigenvalue weighted by molar-refractivity contribution is -0.111. The Labute approximate surface area is 150 Å². The molecule has 0 aliphatic heterocycles. The van der Waals surface area contributed by atoms with Crippen molar-refractivity contribution in [2.24, 2.45) is 5.92 Å². The minimum atomic E-state index is -0.171. The van der Waals surface area contributed by atoms with E-state index in [-0.39, 0.29) is 17.9 Å². The Morgan fingerprint density at radius 2 is 1.92 bits per heavy atom. The molecule has 1 saturated carbocycles. The van der Waals surface area contributed by atoms with Crippen molar-refractivity contribution in [2.45, 2.75) is 38.6 Å². The first-order valence-corrected chi connectivity index (χ1v) is 8.97. The van der Waals surface area contributed by atoms with Crippen molar-refractivity contribution in [2.75, 3.05) is 26.0 Å². The van der Waals surface area contributed by atoms with Gasteiger partial charge in [0.15, 0.2) is 0 Å². The van der Waals surface area contributed by atoms with Gasteiger partial charge in [-0.3, -0.25) is 9.59 Å². The Morgan fingerprint density at radius 3 is 2.56 bits per heavy atom. The maximum absolute atomic E-state index is 12.3. The molecule has 0 heterocycles. The third kappa shape index (κ3) is 6.70. The first-order chi connectivity index (χ1) is 11.9. The molecule has 2 rings (SSSR count). The third-order valence-electron chi connectivity index (χ3n) is 4.43. The molecular formula is C20H29N3O2. The molecule has 2 amide bonds. The minimum absolute atomic E-state index is 0.0390. The summed E-state index contributed by atoms with van der Waals surface area (Å²) in [6.07, 6.45) is 7.87. The number of nitrogens with zero attached hydrogens (tertiary/aromatic N) is 1. The number of amides is 2. The summed E-state index contributed by atoms with van der Waals surface area (Å²) in [7, 11) is 3.89. The smallest absolute Gasteiger partial charge is 0.251 e. The number of carbonyl (C=O) groups excluding carboxylic acids is 2. The molecule has 5 heteroatoms. The molecule has 0 aromatic heterocycles. The molecule has 0 radical (unpaired) electrons. The maximum Gasteiger partial charge on any atom is 0.251 e. The summed E-state index contributed by atoms with van der Waals surface area (Å²) < 4.78 is 0. The topological polar surface area (TPSA) is 61.4 Å². The third-order valence-corrected chi connectivity index (χ3v) is 4.43. The van der Waals surface area contributed by atoms with Crippen molar-refractivity contribution in [3.63, 3.8) is 0 Å². The quantitative estimate of drug-likeness (QED) is 0.781. The number of nitrogens with one attached hydrogen (secondary N) is 2. The zero-order chi connectivity index (χ0) is 18.2. The average Bonchev–Trinajstić information content (AvgIpc) is 2.55. The van der Waals surface area contributed by atoms with Crippen LogP contribution in [0.5, 0.6) is 0 Å². The Bertz CT molecular complexity index is 608. The van der Waals surface area contributed by atoms with Gasteiger partial charge in [0.25, 0.3) is 5.91 Å². The lowest BCUT2D eigenvalue weighted by Crippen LogP contribution is -2.37. The van der Waals surface area contributed by atoms with Crippen LogP contribution in [-0.2, 0) is 4.79 Å². The van der Waals surface area contributed by atoms with Crippen LogP contribution in [0, 0.1) is 5.92 Å². The molecule has 1 aliphatic carbocycles. The van der Waals surface area contributed by atoms with Crippen LogP contribution in [-0.4, -0.2) is 43.4 Å². The van der Waals surface area contributed by atoms with Gasteiger partial charge < -0.3 is 15.5 Å². The second kappa shape index (κ2) is 9.37. The van der Waals surface area contributed by atoms with Crippen LogP contribution in [0.15, 0.2) is 36.4 Å². The number of hydrogen-bond acceptors (Lipinski definition) is 3. The van der Waals surface area contributed by atoms with E-state index in [0.717, 1.165) is 12.8 Å². The number of benzene rings is 1. The van der Waals surface area contributed by atoms with E-state index < -0.39 is 0 Å². The number of carbonyl (C=O) groups is 2. The predicted molar refractivity (Wildman–Crippen MR) is 102 cm³/mol. The van der Waals surface area contributed by atoms with Gasteiger partial charge in [0.1, 0.15) is 0 Å². The average molecular weight is 343 g/mol. The minimum Gasteiger partial charge on any atom is -0.349 e. The van der Waals surface area contributed by atoms with Crippen molar-refractivity contribution >= 4 is 17.5 Å². The van der Waals surface area contributed by atoms with Gasteiger partial charge >= 0.3 is 0 Å². The molecule has 1 aromatic carbocycles. The maximum atomic E-state index is 12.3. The van der Waals surface area contributed by atoms with E-state index >= 15 is 0 Å². The van der Waals surface area contributed by atoms with E-state index in [1.54, 1.807) is 24.3 Å². The fourth-order valence-corrected chi connectivity index (χ4v) is 3.09. The second-order valence-electron chi connectivity index (χ2n) is 7.17. The van der Waals surface area contributed by atoms with Crippen LogP contribution < -0.4 is 10.6 Å². The number of hydrogen-bond donors (Lipinski definition) is 2. The van der Waals surface area contributed by atoms with Crippen LogP contribution in [0.1, 0.15) is 43.0 Å². The molecule has 1 aromatic rings. The molecule has 2 atom stereocenters. The molecule has 1 unspecified atom stereocenters. The Kier molecular flexibility index (Phi) is 7.19. The van der Waals surface area contributed by atoms with Gasteiger partial charge in [-0.1, -0.05) is 25.8 Å². The van der Waals surface area contributed by atoms with Crippen molar-refractivity contribution in [1.82, 2.24) is 10.2 Å². The van der Waals surface area contributed by atoms with Crippen molar-refractivity contribution in [3.8, 4) is 0 Å². The van der Waals surface area contributed by atoms with Gasteiger partial charge in [-0.2, -0.15) is 0 Å². The monoisotopic (exact) mass is 343 g/mol. The predicted octanol–water partition coefficient (Wildman–Crippen LogP) is 3.05.